The topological polar surface area (TPSA) is 9.23 Å². The summed E-state index contributed by atoms with van der Waals surface area (Å²) in [5.41, 5.74) is 5.97. The van der Waals surface area contributed by atoms with Crippen molar-refractivity contribution in [3.05, 3.63) is 108 Å². The Kier molecular flexibility index (Phi) is 8.49. The summed E-state index contributed by atoms with van der Waals surface area (Å²) in [6, 6.07) is 22.1. The minimum atomic E-state index is -0.162. The van der Waals surface area contributed by atoms with Crippen LogP contribution in [-0.2, 0) is 17.8 Å². The molecule has 1 aliphatic carbocycles. The number of methoxy groups -OCH3 is 1. The maximum absolute atomic E-state index is 14.9. The van der Waals surface area contributed by atoms with E-state index < -0.39 is 0 Å². The van der Waals surface area contributed by atoms with Gasteiger partial charge in [-0.05, 0) is 84.2 Å². The summed E-state index contributed by atoms with van der Waals surface area (Å²) in [7, 11) is 1.70. The van der Waals surface area contributed by atoms with E-state index in [9.17, 15) is 4.39 Å². The van der Waals surface area contributed by atoms with Crippen LogP contribution < -0.4 is 0 Å². The zero-order valence-electron chi connectivity index (χ0n) is 20.2. The average Bonchev–Trinajstić information content (AvgIpc) is 2.88. The first-order valence-electron chi connectivity index (χ1n) is 12.4. The Balaban J connectivity index is 1.34. The van der Waals surface area contributed by atoms with Crippen molar-refractivity contribution in [3.8, 4) is 22.3 Å². The molecule has 0 N–H and O–H groups in total. The molecule has 0 bridgehead atoms. The number of ether oxygens (including phenoxy) is 1. The first kappa shape index (κ1) is 24.2. The zero-order chi connectivity index (χ0) is 23.8. The Morgan fingerprint density at radius 2 is 1.44 bits per heavy atom. The van der Waals surface area contributed by atoms with Crippen LogP contribution in [0.5, 0.6) is 0 Å². The van der Waals surface area contributed by atoms with Gasteiger partial charge in [0.05, 0.1) is 6.61 Å². The van der Waals surface area contributed by atoms with Crippen LogP contribution >= 0.6 is 0 Å². The van der Waals surface area contributed by atoms with Crippen LogP contribution in [0.25, 0.3) is 22.3 Å². The van der Waals surface area contributed by atoms with E-state index in [0.29, 0.717) is 18.1 Å². The van der Waals surface area contributed by atoms with Crippen molar-refractivity contribution in [3.63, 3.8) is 0 Å². The second-order valence-electron chi connectivity index (χ2n) is 9.45. The quantitative estimate of drug-likeness (QED) is 0.294. The van der Waals surface area contributed by atoms with Gasteiger partial charge in [0, 0.05) is 12.7 Å². The molecule has 4 rings (SSSR count). The Morgan fingerprint density at radius 1 is 0.824 bits per heavy atom. The fraction of sp³-hybridized carbons (Fsp3) is 0.312. The molecule has 0 radical (unpaired) electrons. The zero-order valence-corrected chi connectivity index (χ0v) is 20.2. The van der Waals surface area contributed by atoms with E-state index in [1.165, 1.54) is 25.7 Å². The van der Waals surface area contributed by atoms with Crippen LogP contribution in [0.3, 0.4) is 0 Å². The first-order chi connectivity index (χ1) is 16.7. The lowest BCUT2D eigenvalue weighted by atomic mass is 9.80. The Labute approximate surface area is 204 Å². The number of benzene rings is 3. The number of halogens is 1. The van der Waals surface area contributed by atoms with Crippen molar-refractivity contribution in [2.75, 3.05) is 7.11 Å². The Hall–Kier alpha value is -2.97. The normalized spacial score (nSPS) is 18.3. The van der Waals surface area contributed by atoms with Gasteiger partial charge in [-0.15, -0.1) is 6.58 Å². The van der Waals surface area contributed by atoms with Crippen molar-refractivity contribution >= 4 is 0 Å². The number of allylic oxidation sites excluding steroid dienone is 3. The van der Waals surface area contributed by atoms with E-state index >= 15 is 0 Å². The lowest BCUT2D eigenvalue weighted by Gasteiger charge is -2.25. The maximum atomic E-state index is 14.9. The van der Waals surface area contributed by atoms with E-state index in [-0.39, 0.29) is 5.82 Å². The van der Waals surface area contributed by atoms with Gasteiger partial charge in [0.1, 0.15) is 5.82 Å². The molecule has 0 unspecified atom stereocenters. The molecule has 176 valence electrons. The molecule has 2 heteroatoms. The molecule has 0 spiro atoms. The monoisotopic (exact) mass is 454 g/mol. The van der Waals surface area contributed by atoms with Crippen LogP contribution in [0.15, 0.2) is 91.5 Å². The summed E-state index contributed by atoms with van der Waals surface area (Å²) in [6.07, 6.45) is 13.6. The molecule has 1 nitrogen and oxygen atoms in total. The summed E-state index contributed by atoms with van der Waals surface area (Å²) in [6.45, 7) is 4.54. The highest BCUT2D eigenvalue weighted by Crippen LogP contribution is 2.31. The third-order valence-electron chi connectivity index (χ3n) is 7.04. The molecule has 0 atom stereocenters. The predicted octanol–water partition coefficient (Wildman–Crippen LogP) is 8.79. The third-order valence-corrected chi connectivity index (χ3v) is 7.04. The van der Waals surface area contributed by atoms with Crippen LogP contribution in [0.4, 0.5) is 4.39 Å². The number of hydrogen-bond donors (Lipinski definition) is 0. The number of rotatable bonds is 9. The molecule has 3 aromatic rings. The van der Waals surface area contributed by atoms with Gasteiger partial charge in [-0.3, -0.25) is 0 Å². The molecule has 34 heavy (non-hydrogen) atoms. The lowest BCUT2D eigenvalue weighted by Crippen LogP contribution is -2.12. The fourth-order valence-corrected chi connectivity index (χ4v) is 4.89. The van der Waals surface area contributed by atoms with Gasteiger partial charge < -0.3 is 4.74 Å². The van der Waals surface area contributed by atoms with Gasteiger partial charge in [-0.25, -0.2) is 4.39 Å². The highest BCUT2D eigenvalue weighted by atomic mass is 19.1. The molecule has 3 aromatic carbocycles. The minimum Gasteiger partial charge on any atom is -0.380 e. The Bertz CT molecular complexity index is 1090. The lowest BCUT2D eigenvalue weighted by molar-refractivity contribution is 0.185. The van der Waals surface area contributed by atoms with Crippen molar-refractivity contribution in [1.29, 1.82) is 0 Å². The van der Waals surface area contributed by atoms with Gasteiger partial charge in [-0.1, -0.05) is 78.9 Å². The van der Waals surface area contributed by atoms with Gasteiger partial charge in [0.25, 0.3) is 0 Å². The summed E-state index contributed by atoms with van der Waals surface area (Å²) < 4.78 is 20.1. The predicted molar refractivity (Wildman–Crippen MR) is 141 cm³/mol. The van der Waals surface area contributed by atoms with Crippen LogP contribution in [0.1, 0.15) is 43.2 Å². The van der Waals surface area contributed by atoms with E-state index in [0.717, 1.165) is 46.6 Å². The molecule has 0 aliphatic heterocycles. The van der Waals surface area contributed by atoms with Crippen LogP contribution in [0, 0.1) is 17.7 Å². The number of hydrogen-bond acceptors (Lipinski definition) is 1. The fourth-order valence-electron chi connectivity index (χ4n) is 4.89. The summed E-state index contributed by atoms with van der Waals surface area (Å²) in [5, 5.41) is 0. The second kappa shape index (κ2) is 11.9. The van der Waals surface area contributed by atoms with E-state index in [1.807, 2.05) is 24.3 Å². The van der Waals surface area contributed by atoms with E-state index in [4.69, 9.17) is 4.74 Å². The maximum Gasteiger partial charge on any atom is 0.131 e. The van der Waals surface area contributed by atoms with Crippen molar-refractivity contribution in [2.45, 2.75) is 45.1 Å². The SMILES string of the molecule is C=C[C@H]1CC[C@H](C/C=C/Cc2ccc(-c3ccc(-c4ccc(COC)cc4)cc3)c(F)c2)CC1. The first-order valence-corrected chi connectivity index (χ1v) is 12.4. The Morgan fingerprint density at radius 3 is 2.06 bits per heavy atom. The van der Waals surface area contributed by atoms with E-state index in [1.54, 1.807) is 13.2 Å². The van der Waals surface area contributed by atoms with Gasteiger partial charge in [0.15, 0.2) is 0 Å². The summed E-state index contributed by atoms with van der Waals surface area (Å²) in [5.74, 6) is 1.34. The van der Waals surface area contributed by atoms with Crippen molar-refractivity contribution in [2.24, 2.45) is 11.8 Å². The van der Waals surface area contributed by atoms with Crippen LogP contribution in [0.2, 0.25) is 0 Å². The van der Waals surface area contributed by atoms with Crippen molar-refractivity contribution < 1.29 is 9.13 Å². The molecule has 0 amide bonds. The molecule has 0 aromatic heterocycles. The van der Waals surface area contributed by atoms with Crippen LogP contribution in [-0.4, -0.2) is 7.11 Å². The molecule has 0 saturated heterocycles. The molecule has 1 aliphatic rings. The average molecular weight is 455 g/mol. The standard InChI is InChI=1S/C32H35FO/c1-3-24-8-10-25(11-9-24)6-4-5-7-26-14-21-31(32(33)22-26)30-19-17-29(18-20-30)28-15-12-27(13-16-28)23-34-2/h3-5,12-22,24-25H,1,6-11,23H2,2H3/b5-4+/t24-,25-. The van der Waals surface area contributed by atoms with Gasteiger partial charge in [0.2, 0.25) is 0 Å². The molecular weight excluding hydrogens is 419 g/mol. The highest BCUT2D eigenvalue weighted by molar-refractivity contribution is 5.71. The molecule has 1 saturated carbocycles. The molecule has 1 fully saturated rings. The molecule has 0 heterocycles. The summed E-state index contributed by atoms with van der Waals surface area (Å²) >= 11 is 0. The molecular formula is C32H35FO. The van der Waals surface area contributed by atoms with E-state index in [2.05, 4.69) is 61.2 Å². The highest BCUT2D eigenvalue weighted by Gasteiger charge is 2.17. The van der Waals surface area contributed by atoms with Gasteiger partial charge in [-0.2, -0.15) is 0 Å². The largest absolute Gasteiger partial charge is 0.380 e. The summed E-state index contributed by atoms with van der Waals surface area (Å²) in [4.78, 5) is 0. The minimum absolute atomic E-state index is 0.162. The second-order valence-corrected chi connectivity index (χ2v) is 9.45. The smallest absolute Gasteiger partial charge is 0.131 e. The third kappa shape index (κ3) is 6.33. The van der Waals surface area contributed by atoms with Crippen molar-refractivity contribution in [1.82, 2.24) is 0 Å². The van der Waals surface area contributed by atoms with Gasteiger partial charge >= 0.3 is 0 Å².